The molecule has 3 rings (SSSR count). The molecule has 6 nitrogen and oxygen atoms in total. The van der Waals surface area contributed by atoms with Crippen molar-refractivity contribution in [3.63, 3.8) is 0 Å². The maximum atomic E-state index is 6.41. The van der Waals surface area contributed by atoms with Gasteiger partial charge in [0.1, 0.15) is 12.7 Å². The van der Waals surface area contributed by atoms with Gasteiger partial charge in [0, 0.05) is 26.2 Å². The molecule has 6 heteroatoms. The number of piperidine rings is 1. The quantitative estimate of drug-likeness (QED) is 0.841. The second-order valence-corrected chi connectivity index (χ2v) is 6.89. The van der Waals surface area contributed by atoms with E-state index in [0.717, 1.165) is 45.4 Å². The Balaban J connectivity index is 1.44. The molecule has 0 bridgehead atoms. The molecule has 1 aromatic heterocycles. The largest absolute Gasteiger partial charge is 0.370 e. The minimum absolute atomic E-state index is 0.104. The van der Waals surface area contributed by atoms with Gasteiger partial charge in [0.2, 0.25) is 5.95 Å². The Labute approximate surface area is 138 Å². The number of nitrogens with zero attached hydrogens (tertiary/aromatic N) is 4. The average molecular weight is 317 g/mol. The van der Waals surface area contributed by atoms with E-state index in [4.69, 9.17) is 4.74 Å². The molecular formula is C17H27N5O. The fourth-order valence-corrected chi connectivity index (χ4v) is 3.40. The molecule has 1 spiro atoms. The molecule has 1 N–H and O–H groups in total. The summed E-state index contributed by atoms with van der Waals surface area (Å²) in [7, 11) is 0. The van der Waals surface area contributed by atoms with Crippen LogP contribution in [0.3, 0.4) is 0 Å². The Kier molecular flexibility index (Phi) is 5.23. The fourth-order valence-electron chi connectivity index (χ4n) is 3.40. The zero-order valence-electron chi connectivity index (χ0n) is 14.2. The summed E-state index contributed by atoms with van der Waals surface area (Å²) in [6.45, 7) is 8.44. The highest BCUT2D eigenvalue weighted by atomic mass is 16.5. The third-order valence-corrected chi connectivity index (χ3v) is 4.84. The van der Waals surface area contributed by atoms with Gasteiger partial charge in [-0.3, -0.25) is 4.90 Å². The number of anilines is 1. The number of allylic oxidation sites excluding steroid dienone is 1. The van der Waals surface area contributed by atoms with E-state index in [0.29, 0.717) is 5.95 Å². The van der Waals surface area contributed by atoms with Crippen LogP contribution in [0.4, 0.5) is 5.95 Å². The summed E-state index contributed by atoms with van der Waals surface area (Å²) in [5.41, 5.74) is 1.50. The Bertz CT molecular complexity index is 521. The lowest BCUT2D eigenvalue weighted by molar-refractivity contribution is -0.0715. The standard InChI is InChI=1S/C17H27N5O/c1-14(2)4-8-22-9-6-17(7-10-22)5-3-15(23-17)11-19-16-20-12-18-13-21-16/h4,12-13,15H,3,5-11H2,1-2H3,(H,18,19,20,21)/t15-/m0/s1. The van der Waals surface area contributed by atoms with E-state index in [2.05, 4.69) is 45.1 Å². The van der Waals surface area contributed by atoms with Crippen LogP contribution in [0.1, 0.15) is 39.5 Å². The van der Waals surface area contributed by atoms with Crippen LogP contribution in [0.15, 0.2) is 24.3 Å². The first-order valence-corrected chi connectivity index (χ1v) is 8.55. The smallest absolute Gasteiger partial charge is 0.225 e. The van der Waals surface area contributed by atoms with E-state index < -0.39 is 0 Å². The Morgan fingerprint density at radius 2 is 2.04 bits per heavy atom. The lowest BCUT2D eigenvalue weighted by Crippen LogP contribution is -2.44. The van der Waals surface area contributed by atoms with Crippen molar-refractivity contribution >= 4 is 5.95 Å². The third kappa shape index (κ3) is 4.48. The van der Waals surface area contributed by atoms with Crippen LogP contribution < -0.4 is 5.32 Å². The molecule has 0 saturated carbocycles. The lowest BCUT2D eigenvalue weighted by Gasteiger charge is -2.39. The van der Waals surface area contributed by atoms with Crippen LogP contribution in [0.2, 0.25) is 0 Å². The number of likely N-dealkylation sites (tertiary alicyclic amines) is 1. The van der Waals surface area contributed by atoms with Crippen molar-refractivity contribution in [1.82, 2.24) is 19.9 Å². The number of nitrogens with one attached hydrogen (secondary N) is 1. The fraction of sp³-hybridized carbons (Fsp3) is 0.706. The predicted molar refractivity (Wildman–Crippen MR) is 90.3 cm³/mol. The molecule has 1 atom stereocenters. The summed E-state index contributed by atoms with van der Waals surface area (Å²) in [6, 6.07) is 0. The van der Waals surface area contributed by atoms with E-state index in [1.807, 2.05) is 0 Å². The highest BCUT2D eigenvalue weighted by molar-refractivity contribution is 5.21. The van der Waals surface area contributed by atoms with Gasteiger partial charge in [0.15, 0.2) is 0 Å². The minimum atomic E-state index is 0.104. The van der Waals surface area contributed by atoms with Crippen LogP contribution in [0, 0.1) is 0 Å². The van der Waals surface area contributed by atoms with Crippen molar-refractivity contribution in [2.45, 2.75) is 51.2 Å². The van der Waals surface area contributed by atoms with Crippen molar-refractivity contribution in [3.05, 3.63) is 24.3 Å². The van der Waals surface area contributed by atoms with Gasteiger partial charge >= 0.3 is 0 Å². The topological polar surface area (TPSA) is 63.2 Å². The van der Waals surface area contributed by atoms with Crippen molar-refractivity contribution in [3.8, 4) is 0 Å². The third-order valence-electron chi connectivity index (χ3n) is 4.84. The van der Waals surface area contributed by atoms with Crippen LogP contribution in [0.25, 0.3) is 0 Å². The minimum Gasteiger partial charge on any atom is -0.370 e. The summed E-state index contributed by atoms with van der Waals surface area (Å²) in [4.78, 5) is 14.5. The van der Waals surface area contributed by atoms with Crippen LogP contribution in [0.5, 0.6) is 0 Å². The first-order valence-electron chi connectivity index (χ1n) is 8.55. The predicted octanol–water partition coefficient (Wildman–Crippen LogP) is 2.26. The average Bonchev–Trinajstić information content (AvgIpc) is 2.96. The van der Waals surface area contributed by atoms with E-state index in [-0.39, 0.29) is 11.7 Å². The zero-order valence-corrected chi connectivity index (χ0v) is 14.2. The Hall–Kier alpha value is -1.53. The molecule has 2 aliphatic heterocycles. The van der Waals surface area contributed by atoms with Crippen molar-refractivity contribution in [1.29, 1.82) is 0 Å². The maximum absolute atomic E-state index is 6.41. The van der Waals surface area contributed by atoms with Gasteiger partial charge in [-0.25, -0.2) is 15.0 Å². The molecule has 0 aromatic carbocycles. The summed E-state index contributed by atoms with van der Waals surface area (Å²) in [5, 5.41) is 3.24. The number of aromatic nitrogens is 3. The van der Waals surface area contributed by atoms with Gasteiger partial charge in [-0.15, -0.1) is 0 Å². The molecule has 1 aromatic rings. The van der Waals surface area contributed by atoms with Gasteiger partial charge in [-0.1, -0.05) is 11.6 Å². The Morgan fingerprint density at radius 1 is 1.30 bits per heavy atom. The summed E-state index contributed by atoms with van der Waals surface area (Å²) >= 11 is 0. The van der Waals surface area contributed by atoms with E-state index in [9.17, 15) is 0 Å². The SMILES string of the molecule is CC(C)=CCN1CCC2(CC[C@@H](CNc3ncncn3)O2)CC1. The molecule has 126 valence electrons. The van der Waals surface area contributed by atoms with Crippen LogP contribution >= 0.6 is 0 Å². The monoisotopic (exact) mass is 317 g/mol. The lowest BCUT2D eigenvalue weighted by atomic mass is 9.88. The van der Waals surface area contributed by atoms with Crippen molar-refractivity contribution < 1.29 is 4.74 Å². The van der Waals surface area contributed by atoms with Gasteiger partial charge in [-0.05, 0) is 39.5 Å². The second-order valence-electron chi connectivity index (χ2n) is 6.89. The second kappa shape index (κ2) is 7.36. The normalized spacial score (nSPS) is 23.8. The summed E-state index contributed by atoms with van der Waals surface area (Å²) in [5.74, 6) is 0.626. The molecule has 0 unspecified atom stereocenters. The molecular weight excluding hydrogens is 290 g/mol. The molecule has 2 aliphatic rings. The molecule has 2 fully saturated rings. The number of rotatable bonds is 5. The number of hydrogen-bond acceptors (Lipinski definition) is 6. The maximum Gasteiger partial charge on any atom is 0.225 e. The van der Waals surface area contributed by atoms with Gasteiger partial charge in [-0.2, -0.15) is 0 Å². The highest BCUT2D eigenvalue weighted by Gasteiger charge is 2.42. The van der Waals surface area contributed by atoms with Gasteiger partial charge in [0.25, 0.3) is 0 Å². The van der Waals surface area contributed by atoms with E-state index >= 15 is 0 Å². The molecule has 3 heterocycles. The molecule has 23 heavy (non-hydrogen) atoms. The van der Waals surface area contributed by atoms with E-state index in [1.54, 1.807) is 0 Å². The van der Waals surface area contributed by atoms with Crippen molar-refractivity contribution in [2.75, 3.05) is 31.5 Å². The molecule has 0 radical (unpaired) electrons. The Morgan fingerprint density at radius 3 is 2.74 bits per heavy atom. The van der Waals surface area contributed by atoms with Gasteiger partial charge in [0.05, 0.1) is 11.7 Å². The van der Waals surface area contributed by atoms with Gasteiger partial charge < -0.3 is 10.1 Å². The first-order chi connectivity index (χ1) is 11.2. The van der Waals surface area contributed by atoms with Crippen LogP contribution in [-0.2, 0) is 4.74 Å². The molecule has 0 aliphatic carbocycles. The summed E-state index contributed by atoms with van der Waals surface area (Å²) in [6.07, 6.45) is 10.2. The first kappa shape index (κ1) is 16.3. The highest BCUT2D eigenvalue weighted by Crippen LogP contribution is 2.38. The summed E-state index contributed by atoms with van der Waals surface area (Å²) < 4.78 is 6.41. The zero-order chi connectivity index (χ0) is 16.1. The molecule has 0 amide bonds. The molecule has 2 saturated heterocycles. The number of ether oxygens (including phenoxy) is 1. The van der Waals surface area contributed by atoms with E-state index in [1.165, 1.54) is 24.6 Å². The number of hydrogen-bond donors (Lipinski definition) is 1. The van der Waals surface area contributed by atoms with Crippen molar-refractivity contribution in [2.24, 2.45) is 0 Å². The van der Waals surface area contributed by atoms with Crippen LogP contribution in [-0.4, -0.2) is 57.7 Å².